The molecule has 0 saturated heterocycles. The fourth-order valence-electron chi connectivity index (χ4n) is 4.98. The van der Waals surface area contributed by atoms with Crippen LogP contribution in [0.3, 0.4) is 0 Å². The number of fused-ring (bicyclic) bond motifs is 1. The van der Waals surface area contributed by atoms with Gasteiger partial charge in [0, 0.05) is 0 Å². The molecule has 100 valence electrons. The summed E-state index contributed by atoms with van der Waals surface area (Å²) in [5, 5.41) is 0. The van der Waals surface area contributed by atoms with Crippen molar-refractivity contribution in [1.82, 2.24) is 0 Å². The first-order chi connectivity index (χ1) is 7.91. The lowest BCUT2D eigenvalue weighted by Crippen LogP contribution is -2.51. The molecule has 2 saturated carbocycles. The molecule has 0 N–H and O–H groups in total. The zero-order valence-electron chi connectivity index (χ0n) is 12.7. The highest BCUT2D eigenvalue weighted by Crippen LogP contribution is 2.63. The van der Waals surface area contributed by atoms with E-state index < -0.39 is 0 Å². The first-order valence-electron chi connectivity index (χ1n) is 7.91. The van der Waals surface area contributed by atoms with Gasteiger partial charge in [-0.15, -0.1) is 0 Å². The smallest absolute Gasteiger partial charge is 0.0241 e. The fraction of sp³-hybridized carbons (Fsp3) is 1.00. The maximum Gasteiger partial charge on any atom is -0.0241 e. The molecule has 4 atom stereocenters. The Morgan fingerprint density at radius 2 is 1.47 bits per heavy atom. The van der Waals surface area contributed by atoms with E-state index in [-0.39, 0.29) is 0 Å². The van der Waals surface area contributed by atoms with Crippen molar-refractivity contribution >= 4 is 0 Å². The summed E-state index contributed by atoms with van der Waals surface area (Å²) in [6, 6.07) is 0. The Hall–Kier alpha value is 0. The summed E-state index contributed by atoms with van der Waals surface area (Å²) >= 11 is 0. The highest BCUT2D eigenvalue weighted by molar-refractivity contribution is 5.03. The summed E-state index contributed by atoms with van der Waals surface area (Å²) in [7, 11) is 0. The van der Waals surface area contributed by atoms with E-state index in [4.69, 9.17) is 0 Å². The first-order valence-corrected chi connectivity index (χ1v) is 7.91. The van der Waals surface area contributed by atoms with Gasteiger partial charge < -0.3 is 0 Å². The molecule has 0 aromatic rings. The molecule has 0 bridgehead atoms. The first kappa shape index (κ1) is 13.4. The molecule has 0 heterocycles. The van der Waals surface area contributed by atoms with Crippen molar-refractivity contribution < 1.29 is 0 Å². The van der Waals surface area contributed by atoms with Gasteiger partial charge in [-0.05, 0) is 54.3 Å². The van der Waals surface area contributed by atoms with Crippen molar-refractivity contribution in [2.24, 2.45) is 28.6 Å². The summed E-state index contributed by atoms with van der Waals surface area (Å²) in [5.74, 6) is 2.72. The summed E-state index contributed by atoms with van der Waals surface area (Å²) in [6.07, 6.45) is 10.4. The normalized spacial score (nSPS) is 44.5. The van der Waals surface area contributed by atoms with Gasteiger partial charge in [0.05, 0.1) is 0 Å². The van der Waals surface area contributed by atoms with Gasteiger partial charge in [-0.3, -0.25) is 0 Å². The fourth-order valence-corrected chi connectivity index (χ4v) is 4.98. The minimum absolute atomic E-state index is 0.632. The van der Waals surface area contributed by atoms with Gasteiger partial charge in [0.2, 0.25) is 0 Å². The van der Waals surface area contributed by atoms with Crippen LogP contribution in [0, 0.1) is 28.6 Å². The predicted octanol–water partition coefficient (Wildman–Crippen LogP) is 5.67. The van der Waals surface area contributed by atoms with Gasteiger partial charge >= 0.3 is 0 Å². The van der Waals surface area contributed by atoms with Crippen LogP contribution < -0.4 is 0 Å². The standard InChI is InChI=1S/C17H32/c1-13(2)14(3)15-9-8-11-16(4)10-6-7-12-17(15,16)5/h13-15H,6-12H2,1-5H3/t14?,15?,16-,17-/m0/s1. The van der Waals surface area contributed by atoms with Crippen molar-refractivity contribution in [3.8, 4) is 0 Å². The third-order valence-corrected chi connectivity index (χ3v) is 6.80. The van der Waals surface area contributed by atoms with Crippen LogP contribution in [0.1, 0.15) is 79.6 Å². The van der Waals surface area contributed by atoms with Crippen LogP contribution in [0.15, 0.2) is 0 Å². The third-order valence-electron chi connectivity index (χ3n) is 6.80. The molecular weight excluding hydrogens is 204 g/mol. The number of rotatable bonds is 2. The minimum atomic E-state index is 0.632. The highest BCUT2D eigenvalue weighted by Gasteiger charge is 2.53. The van der Waals surface area contributed by atoms with Crippen LogP contribution in [0.2, 0.25) is 0 Å². The molecular formula is C17H32. The molecule has 2 fully saturated rings. The van der Waals surface area contributed by atoms with Crippen molar-refractivity contribution in [3.63, 3.8) is 0 Å². The second-order valence-corrected chi connectivity index (χ2v) is 7.79. The van der Waals surface area contributed by atoms with Crippen molar-refractivity contribution in [3.05, 3.63) is 0 Å². The third kappa shape index (κ3) is 2.06. The lowest BCUT2D eigenvalue weighted by molar-refractivity contribution is -0.0989. The summed E-state index contributed by atoms with van der Waals surface area (Å²) in [6.45, 7) is 12.6. The Labute approximate surface area is 109 Å². The number of hydrogen-bond acceptors (Lipinski definition) is 0. The molecule has 0 radical (unpaired) electrons. The van der Waals surface area contributed by atoms with E-state index in [1.54, 1.807) is 0 Å². The van der Waals surface area contributed by atoms with E-state index in [1.807, 2.05) is 0 Å². The highest BCUT2D eigenvalue weighted by atomic mass is 14.6. The van der Waals surface area contributed by atoms with Gasteiger partial charge in [-0.1, -0.05) is 53.9 Å². The summed E-state index contributed by atoms with van der Waals surface area (Å²) < 4.78 is 0. The van der Waals surface area contributed by atoms with Crippen LogP contribution in [0.5, 0.6) is 0 Å². The topological polar surface area (TPSA) is 0 Å². The molecule has 0 heteroatoms. The minimum Gasteiger partial charge on any atom is -0.0625 e. The molecule has 2 aliphatic rings. The van der Waals surface area contributed by atoms with Crippen LogP contribution in [-0.2, 0) is 0 Å². The Balaban J connectivity index is 2.27. The Kier molecular flexibility index (Phi) is 3.63. The van der Waals surface area contributed by atoms with E-state index >= 15 is 0 Å². The van der Waals surface area contributed by atoms with Gasteiger partial charge in [-0.25, -0.2) is 0 Å². The zero-order valence-corrected chi connectivity index (χ0v) is 12.7. The van der Waals surface area contributed by atoms with Crippen LogP contribution >= 0.6 is 0 Å². The van der Waals surface area contributed by atoms with Gasteiger partial charge in [0.15, 0.2) is 0 Å². The SMILES string of the molecule is CC(C)C(C)C1CCC[C@]2(C)CCCC[C@@]12C. The van der Waals surface area contributed by atoms with E-state index in [2.05, 4.69) is 34.6 Å². The second-order valence-electron chi connectivity index (χ2n) is 7.79. The van der Waals surface area contributed by atoms with Crippen LogP contribution in [-0.4, -0.2) is 0 Å². The molecule has 2 unspecified atom stereocenters. The maximum atomic E-state index is 2.63. The second kappa shape index (κ2) is 4.59. The molecule has 2 aliphatic carbocycles. The molecule has 2 rings (SSSR count). The van der Waals surface area contributed by atoms with E-state index in [0.717, 1.165) is 17.8 Å². The van der Waals surface area contributed by atoms with Crippen molar-refractivity contribution in [1.29, 1.82) is 0 Å². The van der Waals surface area contributed by atoms with Crippen LogP contribution in [0.25, 0.3) is 0 Å². The zero-order chi connectivity index (χ0) is 12.7. The van der Waals surface area contributed by atoms with E-state index in [9.17, 15) is 0 Å². The largest absolute Gasteiger partial charge is 0.0625 e. The lowest BCUT2D eigenvalue weighted by atomic mass is 9.45. The summed E-state index contributed by atoms with van der Waals surface area (Å²) in [4.78, 5) is 0. The van der Waals surface area contributed by atoms with Gasteiger partial charge in [0.25, 0.3) is 0 Å². The molecule has 0 nitrogen and oxygen atoms in total. The molecule has 0 aliphatic heterocycles. The Morgan fingerprint density at radius 3 is 2.12 bits per heavy atom. The quantitative estimate of drug-likeness (QED) is 0.580. The molecule has 0 spiro atoms. The lowest BCUT2D eigenvalue weighted by Gasteiger charge is -2.59. The summed E-state index contributed by atoms with van der Waals surface area (Å²) in [5.41, 5.74) is 1.28. The molecule has 0 aromatic carbocycles. The van der Waals surface area contributed by atoms with Crippen molar-refractivity contribution in [2.75, 3.05) is 0 Å². The van der Waals surface area contributed by atoms with Crippen molar-refractivity contribution in [2.45, 2.75) is 79.6 Å². The monoisotopic (exact) mass is 236 g/mol. The Bertz CT molecular complexity index is 263. The van der Waals surface area contributed by atoms with E-state index in [1.165, 1.54) is 44.9 Å². The molecule has 17 heavy (non-hydrogen) atoms. The van der Waals surface area contributed by atoms with Gasteiger partial charge in [0.1, 0.15) is 0 Å². The predicted molar refractivity (Wildman–Crippen MR) is 76.0 cm³/mol. The Morgan fingerprint density at radius 1 is 0.882 bits per heavy atom. The van der Waals surface area contributed by atoms with E-state index in [0.29, 0.717) is 10.8 Å². The maximum absolute atomic E-state index is 2.63. The average molecular weight is 236 g/mol. The number of hydrogen-bond donors (Lipinski definition) is 0. The van der Waals surface area contributed by atoms with Gasteiger partial charge in [-0.2, -0.15) is 0 Å². The molecule has 0 aromatic heterocycles. The van der Waals surface area contributed by atoms with Crippen LogP contribution in [0.4, 0.5) is 0 Å². The molecule has 0 amide bonds. The average Bonchev–Trinajstić information content (AvgIpc) is 2.27.